The van der Waals surface area contributed by atoms with Gasteiger partial charge in [0.2, 0.25) is 11.8 Å². The van der Waals surface area contributed by atoms with Crippen LogP contribution < -0.4 is 10.2 Å². The highest BCUT2D eigenvalue weighted by Crippen LogP contribution is 2.26. The van der Waals surface area contributed by atoms with Crippen molar-refractivity contribution in [2.24, 2.45) is 0 Å². The Morgan fingerprint density at radius 1 is 1.21 bits per heavy atom. The smallest absolute Gasteiger partial charge is 0.247 e. The third-order valence-electron chi connectivity index (χ3n) is 3.48. The van der Waals surface area contributed by atoms with Crippen LogP contribution in [0, 0.1) is 0 Å². The van der Waals surface area contributed by atoms with E-state index in [1.54, 1.807) is 0 Å². The Morgan fingerprint density at radius 3 is 2.63 bits per heavy atom. The molecule has 0 amide bonds. The zero-order valence-electron chi connectivity index (χ0n) is 11.3. The molecule has 1 N–H and O–H groups in total. The van der Waals surface area contributed by atoms with Gasteiger partial charge < -0.3 is 14.6 Å². The molecule has 0 radical (unpaired) electrons. The van der Waals surface area contributed by atoms with E-state index in [9.17, 15) is 0 Å². The fourth-order valence-electron chi connectivity index (χ4n) is 2.28. The van der Waals surface area contributed by atoms with Crippen LogP contribution in [0.2, 0.25) is 0 Å². The Morgan fingerprint density at radius 2 is 2.00 bits per heavy atom. The summed E-state index contributed by atoms with van der Waals surface area (Å²) in [6.45, 7) is 1.96. The first kappa shape index (κ1) is 12.2. The van der Waals surface area contributed by atoms with Gasteiger partial charge in [-0.15, -0.1) is 10.2 Å². The SMILES string of the molecule is CN(C)c1ccc(-c2nnc(C3CCNC3)o2)cc1. The number of anilines is 1. The molecular formula is C14H18N4O. The van der Waals surface area contributed by atoms with Gasteiger partial charge in [-0.1, -0.05) is 0 Å². The summed E-state index contributed by atoms with van der Waals surface area (Å²) in [7, 11) is 4.04. The highest BCUT2D eigenvalue weighted by atomic mass is 16.4. The van der Waals surface area contributed by atoms with Crippen molar-refractivity contribution in [2.45, 2.75) is 12.3 Å². The second kappa shape index (κ2) is 5.01. The van der Waals surface area contributed by atoms with E-state index in [-0.39, 0.29) is 0 Å². The van der Waals surface area contributed by atoms with Gasteiger partial charge in [0.05, 0.1) is 5.92 Å². The lowest BCUT2D eigenvalue weighted by atomic mass is 10.1. The van der Waals surface area contributed by atoms with Crippen molar-refractivity contribution in [3.8, 4) is 11.5 Å². The second-order valence-corrected chi connectivity index (χ2v) is 5.08. The van der Waals surface area contributed by atoms with Crippen LogP contribution in [0.25, 0.3) is 11.5 Å². The van der Waals surface area contributed by atoms with E-state index in [0.717, 1.165) is 36.7 Å². The van der Waals surface area contributed by atoms with Crippen molar-refractivity contribution >= 4 is 5.69 Å². The zero-order chi connectivity index (χ0) is 13.2. The van der Waals surface area contributed by atoms with Crippen LogP contribution in [0.4, 0.5) is 5.69 Å². The van der Waals surface area contributed by atoms with E-state index in [1.807, 2.05) is 26.2 Å². The van der Waals surface area contributed by atoms with Crippen LogP contribution >= 0.6 is 0 Å². The predicted octanol–water partition coefficient (Wildman–Crippen LogP) is 1.88. The Bertz CT molecular complexity index is 541. The molecule has 1 atom stereocenters. The number of benzene rings is 1. The lowest BCUT2D eigenvalue weighted by molar-refractivity contribution is 0.467. The average Bonchev–Trinajstić information content (AvgIpc) is 3.10. The quantitative estimate of drug-likeness (QED) is 0.911. The van der Waals surface area contributed by atoms with Crippen molar-refractivity contribution in [1.82, 2.24) is 15.5 Å². The molecule has 0 spiro atoms. The van der Waals surface area contributed by atoms with Crippen LogP contribution in [0.15, 0.2) is 28.7 Å². The maximum atomic E-state index is 5.78. The molecule has 0 saturated carbocycles. The highest BCUT2D eigenvalue weighted by Gasteiger charge is 2.22. The van der Waals surface area contributed by atoms with E-state index in [0.29, 0.717) is 11.8 Å². The zero-order valence-corrected chi connectivity index (χ0v) is 11.3. The number of hydrogen-bond donors (Lipinski definition) is 1. The fraction of sp³-hybridized carbons (Fsp3) is 0.429. The first-order valence-electron chi connectivity index (χ1n) is 6.56. The Balaban J connectivity index is 1.81. The lowest BCUT2D eigenvalue weighted by Gasteiger charge is -2.11. The molecule has 1 fully saturated rings. The van der Waals surface area contributed by atoms with Gasteiger partial charge in [0.25, 0.3) is 0 Å². The Hall–Kier alpha value is -1.88. The van der Waals surface area contributed by atoms with Crippen molar-refractivity contribution in [2.75, 3.05) is 32.1 Å². The van der Waals surface area contributed by atoms with Crippen LogP contribution in [0.3, 0.4) is 0 Å². The van der Waals surface area contributed by atoms with Crippen LogP contribution in [0.5, 0.6) is 0 Å². The van der Waals surface area contributed by atoms with Gasteiger partial charge in [-0.2, -0.15) is 0 Å². The largest absolute Gasteiger partial charge is 0.420 e. The van der Waals surface area contributed by atoms with Gasteiger partial charge in [-0.25, -0.2) is 0 Å². The Kier molecular flexibility index (Phi) is 3.21. The molecule has 100 valence electrons. The molecule has 2 heterocycles. The maximum absolute atomic E-state index is 5.78. The maximum Gasteiger partial charge on any atom is 0.247 e. The molecule has 1 aromatic carbocycles. The Labute approximate surface area is 112 Å². The molecule has 1 aliphatic rings. The summed E-state index contributed by atoms with van der Waals surface area (Å²) in [4.78, 5) is 2.06. The number of rotatable bonds is 3. The van der Waals surface area contributed by atoms with Crippen molar-refractivity contribution < 1.29 is 4.42 Å². The lowest BCUT2D eigenvalue weighted by Crippen LogP contribution is -2.08. The number of hydrogen-bond acceptors (Lipinski definition) is 5. The van der Waals surface area contributed by atoms with E-state index in [1.165, 1.54) is 0 Å². The normalized spacial score (nSPS) is 18.7. The number of nitrogens with zero attached hydrogens (tertiary/aromatic N) is 3. The summed E-state index contributed by atoms with van der Waals surface area (Å²) in [5.41, 5.74) is 2.12. The molecular weight excluding hydrogens is 240 g/mol. The fourth-order valence-corrected chi connectivity index (χ4v) is 2.28. The molecule has 0 bridgehead atoms. The molecule has 19 heavy (non-hydrogen) atoms. The summed E-state index contributed by atoms with van der Waals surface area (Å²) < 4.78 is 5.78. The van der Waals surface area contributed by atoms with Gasteiger partial charge in [0.15, 0.2) is 0 Å². The molecule has 5 heteroatoms. The van der Waals surface area contributed by atoms with Crippen molar-refractivity contribution in [1.29, 1.82) is 0 Å². The molecule has 3 rings (SSSR count). The third kappa shape index (κ3) is 2.46. The third-order valence-corrected chi connectivity index (χ3v) is 3.48. The number of aromatic nitrogens is 2. The standard InChI is InChI=1S/C14H18N4O/c1-18(2)12-5-3-10(4-6-12)13-16-17-14(19-13)11-7-8-15-9-11/h3-6,11,15H,7-9H2,1-2H3. The molecule has 1 aromatic heterocycles. The van der Waals surface area contributed by atoms with Crippen LogP contribution in [-0.2, 0) is 0 Å². The van der Waals surface area contributed by atoms with E-state index >= 15 is 0 Å². The van der Waals surface area contributed by atoms with E-state index in [4.69, 9.17) is 4.42 Å². The topological polar surface area (TPSA) is 54.2 Å². The highest BCUT2D eigenvalue weighted by molar-refractivity contribution is 5.58. The minimum atomic E-state index is 0.363. The van der Waals surface area contributed by atoms with Crippen molar-refractivity contribution in [3.63, 3.8) is 0 Å². The predicted molar refractivity (Wildman–Crippen MR) is 74.3 cm³/mol. The second-order valence-electron chi connectivity index (χ2n) is 5.08. The molecule has 0 aliphatic carbocycles. The van der Waals surface area contributed by atoms with Crippen molar-refractivity contribution in [3.05, 3.63) is 30.2 Å². The monoisotopic (exact) mass is 258 g/mol. The number of nitrogens with one attached hydrogen (secondary N) is 1. The van der Waals surface area contributed by atoms with Gasteiger partial charge >= 0.3 is 0 Å². The average molecular weight is 258 g/mol. The summed E-state index contributed by atoms with van der Waals surface area (Å²) >= 11 is 0. The van der Waals surface area contributed by atoms with Crippen LogP contribution in [0.1, 0.15) is 18.2 Å². The van der Waals surface area contributed by atoms with E-state index < -0.39 is 0 Å². The molecule has 1 aliphatic heterocycles. The molecule has 1 unspecified atom stereocenters. The molecule has 1 saturated heterocycles. The molecule has 5 nitrogen and oxygen atoms in total. The summed E-state index contributed by atoms with van der Waals surface area (Å²) in [6, 6.07) is 8.13. The molecule has 2 aromatic rings. The summed E-state index contributed by atoms with van der Waals surface area (Å²) in [5.74, 6) is 1.71. The minimum Gasteiger partial charge on any atom is -0.420 e. The minimum absolute atomic E-state index is 0.363. The summed E-state index contributed by atoms with van der Waals surface area (Å²) in [6.07, 6.45) is 1.07. The van der Waals surface area contributed by atoms with E-state index in [2.05, 4.69) is 32.5 Å². The van der Waals surface area contributed by atoms with Gasteiger partial charge in [0, 0.05) is 31.9 Å². The first-order chi connectivity index (χ1) is 9.24. The van der Waals surface area contributed by atoms with Gasteiger partial charge in [-0.05, 0) is 37.2 Å². The van der Waals surface area contributed by atoms with Gasteiger partial charge in [0.1, 0.15) is 0 Å². The van der Waals surface area contributed by atoms with Crippen LogP contribution in [-0.4, -0.2) is 37.4 Å². The van der Waals surface area contributed by atoms with Gasteiger partial charge in [-0.3, -0.25) is 0 Å². The summed E-state index contributed by atoms with van der Waals surface area (Å²) in [5, 5.41) is 11.6. The first-order valence-corrected chi connectivity index (χ1v) is 6.56.